The summed E-state index contributed by atoms with van der Waals surface area (Å²) in [7, 11) is 0. The fourth-order valence-electron chi connectivity index (χ4n) is 1.39. The van der Waals surface area contributed by atoms with E-state index in [9.17, 15) is 4.79 Å². The molecule has 0 saturated heterocycles. The van der Waals surface area contributed by atoms with E-state index in [0.29, 0.717) is 6.54 Å². The number of nitrogens with one attached hydrogen (secondary N) is 2. The summed E-state index contributed by atoms with van der Waals surface area (Å²) in [6.07, 6.45) is 0. The molecule has 0 heterocycles. The maximum atomic E-state index is 11.8. The lowest BCUT2D eigenvalue weighted by molar-refractivity contribution is 0.0953. The van der Waals surface area contributed by atoms with Crippen molar-refractivity contribution in [2.24, 2.45) is 0 Å². The van der Waals surface area contributed by atoms with E-state index in [0.717, 1.165) is 28.7 Å². The van der Waals surface area contributed by atoms with Crippen LogP contribution in [0.15, 0.2) is 22.7 Å². The zero-order valence-corrected chi connectivity index (χ0v) is 11.2. The van der Waals surface area contributed by atoms with E-state index in [1.54, 1.807) is 0 Å². The second-order valence-electron chi connectivity index (χ2n) is 3.52. The Morgan fingerprint density at radius 3 is 2.81 bits per heavy atom. The van der Waals surface area contributed by atoms with Crippen LogP contribution in [0.25, 0.3) is 0 Å². The molecule has 1 amide bonds. The molecule has 0 aromatic heterocycles. The Morgan fingerprint density at radius 1 is 1.38 bits per heavy atom. The summed E-state index contributed by atoms with van der Waals surface area (Å²) in [4.78, 5) is 11.8. The minimum Gasteiger partial charge on any atom is -0.351 e. The first kappa shape index (κ1) is 13.2. The molecule has 1 aromatic carbocycles. The summed E-state index contributed by atoms with van der Waals surface area (Å²) in [5, 5.41) is 6.04. The smallest absolute Gasteiger partial charge is 0.251 e. The standard InChI is InChI=1S/C12H17BrN2O/c1-3-14-7-8-15-12(16)10-5-4-6-11(13)9(10)2/h4-6,14H,3,7-8H2,1-2H3,(H,15,16). The summed E-state index contributed by atoms with van der Waals surface area (Å²) >= 11 is 3.42. The lowest BCUT2D eigenvalue weighted by Crippen LogP contribution is -2.32. The highest BCUT2D eigenvalue weighted by molar-refractivity contribution is 9.10. The van der Waals surface area contributed by atoms with Gasteiger partial charge < -0.3 is 10.6 Å². The molecule has 0 radical (unpaired) electrons. The van der Waals surface area contributed by atoms with Gasteiger partial charge in [0.1, 0.15) is 0 Å². The lowest BCUT2D eigenvalue weighted by atomic mass is 10.1. The molecule has 0 saturated carbocycles. The Bertz CT molecular complexity index is 366. The van der Waals surface area contributed by atoms with E-state index in [2.05, 4.69) is 26.6 Å². The summed E-state index contributed by atoms with van der Waals surface area (Å²) in [5.41, 5.74) is 1.70. The van der Waals surface area contributed by atoms with Crippen LogP contribution in [0.2, 0.25) is 0 Å². The largest absolute Gasteiger partial charge is 0.351 e. The maximum absolute atomic E-state index is 11.8. The van der Waals surface area contributed by atoms with Gasteiger partial charge in [0.2, 0.25) is 0 Å². The van der Waals surface area contributed by atoms with Gasteiger partial charge in [-0.05, 0) is 31.2 Å². The van der Waals surface area contributed by atoms with Gasteiger partial charge in [0.15, 0.2) is 0 Å². The number of amides is 1. The molecule has 2 N–H and O–H groups in total. The fourth-order valence-corrected chi connectivity index (χ4v) is 1.76. The van der Waals surface area contributed by atoms with Crippen molar-refractivity contribution >= 4 is 21.8 Å². The van der Waals surface area contributed by atoms with Crippen molar-refractivity contribution in [3.63, 3.8) is 0 Å². The molecule has 0 aliphatic rings. The van der Waals surface area contributed by atoms with Crippen LogP contribution in [0.1, 0.15) is 22.8 Å². The Morgan fingerprint density at radius 2 is 2.12 bits per heavy atom. The van der Waals surface area contributed by atoms with Gasteiger partial charge in [-0.2, -0.15) is 0 Å². The van der Waals surface area contributed by atoms with Gasteiger partial charge in [-0.15, -0.1) is 0 Å². The van der Waals surface area contributed by atoms with Crippen LogP contribution in [-0.4, -0.2) is 25.5 Å². The van der Waals surface area contributed by atoms with E-state index < -0.39 is 0 Å². The van der Waals surface area contributed by atoms with Crippen LogP contribution in [0.4, 0.5) is 0 Å². The molecule has 0 atom stereocenters. The number of benzene rings is 1. The highest BCUT2D eigenvalue weighted by Crippen LogP contribution is 2.19. The molecule has 0 aliphatic carbocycles. The van der Waals surface area contributed by atoms with Crippen molar-refractivity contribution in [2.75, 3.05) is 19.6 Å². The van der Waals surface area contributed by atoms with E-state index in [1.807, 2.05) is 32.0 Å². The van der Waals surface area contributed by atoms with Crippen molar-refractivity contribution in [2.45, 2.75) is 13.8 Å². The first-order chi connectivity index (χ1) is 7.66. The predicted octanol–water partition coefficient (Wildman–Crippen LogP) is 2.10. The number of hydrogen-bond acceptors (Lipinski definition) is 2. The van der Waals surface area contributed by atoms with Crippen molar-refractivity contribution in [1.82, 2.24) is 10.6 Å². The lowest BCUT2D eigenvalue weighted by Gasteiger charge is -2.08. The second-order valence-corrected chi connectivity index (χ2v) is 4.38. The summed E-state index contributed by atoms with van der Waals surface area (Å²) < 4.78 is 0.965. The Hall–Kier alpha value is -0.870. The summed E-state index contributed by atoms with van der Waals surface area (Å²) in [6.45, 7) is 6.35. The number of hydrogen-bond donors (Lipinski definition) is 2. The fraction of sp³-hybridized carbons (Fsp3) is 0.417. The first-order valence-corrected chi connectivity index (χ1v) is 6.20. The molecule has 88 valence electrons. The molecule has 3 nitrogen and oxygen atoms in total. The molecular weight excluding hydrogens is 268 g/mol. The van der Waals surface area contributed by atoms with E-state index in [4.69, 9.17) is 0 Å². The average molecular weight is 285 g/mol. The summed E-state index contributed by atoms with van der Waals surface area (Å²) in [6, 6.07) is 5.64. The number of likely N-dealkylation sites (N-methyl/N-ethyl adjacent to an activating group) is 1. The number of carbonyl (C=O) groups excluding carboxylic acids is 1. The Labute approximate surface area is 105 Å². The monoisotopic (exact) mass is 284 g/mol. The predicted molar refractivity (Wildman–Crippen MR) is 69.8 cm³/mol. The van der Waals surface area contributed by atoms with E-state index in [-0.39, 0.29) is 5.91 Å². The van der Waals surface area contributed by atoms with Gasteiger partial charge in [0.25, 0.3) is 5.91 Å². The molecule has 0 unspecified atom stereocenters. The molecule has 0 bridgehead atoms. The van der Waals surface area contributed by atoms with E-state index >= 15 is 0 Å². The third kappa shape index (κ3) is 3.61. The number of rotatable bonds is 5. The molecular formula is C12H17BrN2O. The summed E-state index contributed by atoms with van der Waals surface area (Å²) in [5.74, 6) is -0.0169. The van der Waals surface area contributed by atoms with Crippen LogP contribution < -0.4 is 10.6 Å². The third-order valence-corrected chi connectivity index (χ3v) is 3.21. The van der Waals surface area contributed by atoms with Gasteiger partial charge in [-0.25, -0.2) is 0 Å². The Balaban J connectivity index is 2.56. The highest BCUT2D eigenvalue weighted by atomic mass is 79.9. The Kier molecular flexibility index (Phi) is 5.49. The van der Waals surface area contributed by atoms with Gasteiger partial charge in [-0.1, -0.05) is 28.9 Å². The number of halogens is 1. The van der Waals surface area contributed by atoms with Gasteiger partial charge >= 0.3 is 0 Å². The topological polar surface area (TPSA) is 41.1 Å². The van der Waals surface area contributed by atoms with Crippen molar-refractivity contribution in [3.05, 3.63) is 33.8 Å². The van der Waals surface area contributed by atoms with Gasteiger partial charge in [0.05, 0.1) is 0 Å². The van der Waals surface area contributed by atoms with Crippen molar-refractivity contribution in [3.8, 4) is 0 Å². The normalized spacial score (nSPS) is 10.2. The zero-order valence-electron chi connectivity index (χ0n) is 9.64. The molecule has 0 fully saturated rings. The van der Waals surface area contributed by atoms with E-state index in [1.165, 1.54) is 0 Å². The molecule has 0 spiro atoms. The second kappa shape index (κ2) is 6.66. The van der Waals surface area contributed by atoms with Gasteiger partial charge in [0, 0.05) is 23.1 Å². The molecule has 16 heavy (non-hydrogen) atoms. The first-order valence-electron chi connectivity index (χ1n) is 5.40. The van der Waals surface area contributed by atoms with Gasteiger partial charge in [-0.3, -0.25) is 4.79 Å². The average Bonchev–Trinajstić information content (AvgIpc) is 2.28. The van der Waals surface area contributed by atoms with Crippen LogP contribution >= 0.6 is 15.9 Å². The SMILES string of the molecule is CCNCCNC(=O)c1cccc(Br)c1C. The van der Waals surface area contributed by atoms with Crippen LogP contribution in [0.5, 0.6) is 0 Å². The minimum absolute atomic E-state index is 0.0169. The quantitative estimate of drug-likeness (QED) is 0.813. The van der Waals surface area contributed by atoms with Crippen LogP contribution in [-0.2, 0) is 0 Å². The third-order valence-electron chi connectivity index (χ3n) is 2.35. The molecule has 1 aromatic rings. The van der Waals surface area contributed by atoms with Crippen LogP contribution in [0, 0.1) is 6.92 Å². The van der Waals surface area contributed by atoms with Crippen molar-refractivity contribution < 1.29 is 4.79 Å². The molecule has 0 aliphatic heterocycles. The molecule has 4 heteroatoms. The minimum atomic E-state index is -0.0169. The van der Waals surface area contributed by atoms with Crippen LogP contribution in [0.3, 0.4) is 0 Å². The molecule has 1 rings (SSSR count). The zero-order chi connectivity index (χ0) is 12.0. The van der Waals surface area contributed by atoms with Crippen molar-refractivity contribution in [1.29, 1.82) is 0 Å². The highest BCUT2D eigenvalue weighted by Gasteiger charge is 2.09. The maximum Gasteiger partial charge on any atom is 0.251 e. The number of carbonyl (C=O) groups is 1.